The number of rotatable bonds is 3. The van der Waals surface area contributed by atoms with Crippen LogP contribution >= 0.6 is 11.6 Å². The number of carbonyl (C=O) groups excluding carboxylic acids is 1. The van der Waals surface area contributed by atoms with Crippen molar-refractivity contribution in [1.82, 2.24) is 4.98 Å². The minimum Gasteiger partial charge on any atom is -0.425 e. The molecule has 146 valence electrons. The Labute approximate surface area is 162 Å². The quantitative estimate of drug-likeness (QED) is 0.804. The van der Waals surface area contributed by atoms with Crippen molar-refractivity contribution >= 4 is 29.2 Å². The molecule has 0 unspecified atom stereocenters. The van der Waals surface area contributed by atoms with Crippen molar-refractivity contribution in [3.05, 3.63) is 71.0 Å². The number of amidine groups is 1. The molecule has 0 aliphatic carbocycles. The van der Waals surface area contributed by atoms with Crippen LogP contribution in [0, 0.1) is 5.82 Å². The molecule has 1 aliphatic rings. The molecule has 0 saturated carbocycles. The van der Waals surface area contributed by atoms with Gasteiger partial charge in [0.2, 0.25) is 0 Å². The number of nitrogens with one attached hydrogen (secondary N) is 1. The fourth-order valence-corrected chi connectivity index (χ4v) is 2.80. The molecule has 1 amide bonds. The first kappa shape index (κ1) is 19.7. The van der Waals surface area contributed by atoms with Crippen LogP contribution in [0.5, 0.6) is 0 Å². The smallest absolute Gasteiger partial charge is 0.332 e. The maximum Gasteiger partial charge on any atom is 0.332 e. The fourth-order valence-electron chi connectivity index (χ4n) is 2.69. The molecule has 2 aromatic rings. The van der Waals surface area contributed by atoms with E-state index in [4.69, 9.17) is 17.3 Å². The van der Waals surface area contributed by atoms with E-state index in [9.17, 15) is 18.0 Å². The molecule has 1 aromatic heterocycles. The normalized spacial score (nSPS) is 20.9. The molecule has 0 saturated heterocycles. The summed E-state index contributed by atoms with van der Waals surface area (Å²) < 4.78 is 48.5. The first-order valence-corrected chi connectivity index (χ1v) is 8.25. The van der Waals surface area contributed by atoms with Crippen molar-refractivity contribution in [2.75, 3.05) is 5.32 Å². The third-order valence-electron chi connectivity index (χ3n) is 4.23. The Kier molecular flexibility index (Phi) is 4.80. The lowest BCUT2D eigenvalue weighted by Gasteiger charge is -2.38. The van der Waals surface area contributed by atoms with E-state index in [2.05, 4.69) is 26.6 Å². The van der Waals surface area contributed by atoms with Crippen molar-refractivity contribution in [2.45, 2.75) is 18.4 Å². The Morgan fingerprint density at radius 1 is 1.32 bits per heavy atom. The summed E-state index contributed by atoms with van der Waals surface area (Å²) in [5.74, 6) is -6.31. The average molecular weight is 411 g/mol. The highest BCUT2D eigenvalue weighted by Crippen LogP contribution is 2.48. The number of nitrogens with two attached hydrogens (primary N) is 1. The van der Waals surface area contributed by atoms with E-state index in [0.29, 0.717) is 5.02 Å². The summed E-state index contributed by atoms with van der Waals surface area (Å²) in [4.78, 5) is 19.7. The van der Waals surface area contributed by atoms with Gasteiger partial charge in [-0.2, -0.15) is 8.78 Å². The second-order valence-electron chi connectivity index (χ2n) is 6.13. The highest BCUT2D eigenvalue weighted by molar-refractivity contribution is 6.30. The van der Waals surface area contributed by atoms with Gasteiger partial charge in [-0.15, -0.1) is 0 Å². The van der Waals surface area contributed by atoms with E-state index in [1.54, 1.807) is 0 Å². The Bertz CT molecular complexity index is 995. The molecule has 1 aromatic carbocycles. The summed E-state index contributed by atoms with van der Waals surface area (Å²) in [6.45, 7) is 4.14. The van der Waals surface area contributed by atoms with E-state index in [-0.39, 0.29) is 11.4 Å². The molecule has 1 atom stereocenters. The predicted molar refractivity (Wildman–Crippen MR) is 97.7 cm³/mol. The summed E-state index contributed by atoms with van der Waals surface area (Å²) in [6, 6.07) is 5.47. The predicted octanol–water partition coefficient (Wildman–Crippen LogP) is 3.84. The second-order valence-corrected chi connectivity index (χ2v) is 6.57. The molecule has 6 nitrogen and oxygen atoms in total. The monoisotopic (exact) mass is 410 g/mol. The number of carbonyl (C=O) groups is 1. The summed E-state index contributed by atoms with van der Waals surface area (Å²) in [7, 11) is 0. The topological polar surface area (TPSA) is 89.6 Å². The first-order chi connectivity index (χ1) is 13.0. The summed E-state index contributed by atoms with van der Waals surface area (Å²) in [5, 5.41) is 2.80. The standard InChI is InChI=1S/C18H14ClF3N4O2/c1-9-18(21,22)17(2,26-16(23)28-9)12-7-11(4-5-13(12)20)25-15(27)14-6-3-10(19)8-24-14/h3-8H,1H2,2H3,(H2,23,26)(H,25,27)/t17-/m1/s1. The van der Waals surface area contributed by atoms with Gasteiger partial charge >= 0.3 is 5.92 Å². The Morgan fingerprint density at radius 2 is 2.04 bits per heavy atom. The summed E-state index contributed by atoms with van der Waals surface area (Å²) in [5.41, 5.74) is 2.62. The number of aliphatic imine (C=N–C) groups is 1. The van der Waals surface area contributed by atoms with Gasteiger partial charge in [0.25, 0.3) is 11.9 Å². The zero-order chi connectivity index (χ0) is 20.7. The maximum absolute atomic E-state index is 14.7. The number of hydrogen-bond acceptors (Lipinski definition) is 5. The van der Waals surface area contributed by atoms with Crippen molar-refractivity contribution in [3.8, 4) is 0 Å². The molecule has 0 fully saturated rings. The number of nitrogens with zero attached hydrogens (tertiary/aromatic N) is 2. The minimum absolute atomic E-state index is 0.0357. The highest BCUT2D eigenvalue weighted by atomic mass is 35.5. The highest BCUT2D eigenvalue weighted by Gasteiger charge is 2.59. The number of aromatic nitrogens is 1. The lowest BCUT2D eigenvalue weighted by molar-refractivity contribution is -0.0746. The third kappa shape index (κ3) is 3.29. The van der Waals surface area contributed by atoms with Crippen LogP contribution < -0.4 is 11.1 Å². The molecular formula is C18H14ClF3N4O2. The molecule has 0 radical (unpaired) electrons. The van der Waals surface area contributed by atoms with Gasteiger partial charge < -0.3 is 15.8 Å². The Morgan fingerprint density at radius 3 is 2.68 bits per heavy atom. The molecule has 0 spiro atoms. The number of pyridine rings is 1. The van der Waals surface area contributed by atoms with Gasteiger partial charge in [-0.1, -0.05) is 18.2 Å². The van der Waals surface area contributed by atoms with Gasteiger partial charge in [0.15, 0.2) is 11.3 Å². The number of hydrogen-bond donors (Lipinski definition) is 2. The Balaban J connectivity index is 2.00. The second kappa shape index (κ2) is 6.83. The van der Waals surface area contributed by atoms with E-state index in [0.717, 1.165) is 19.1 Å². The summed E-state index contributed by atoms with van der Waals surface area (Å²) in [6.07, 6.45) is 1.28. The van der Waals surface area contributed by atoms with Gasteiger partial charge in [0, 0.05) is 17.4 Å². The number of ether oxygens (including phenoxy) is 1. The number of benzene rings is 1. The lowest BCUT2D eigenvalue weighted by atomic mass is 9.84. The van der Waals surface area contributed by atoms with Gasteiger partial charge in [0.05, 0.1) is 5.02 Å². The molecule has 10 heteroatoms. The van der Waals surface area contributed by atoms with Crippen LogP contribution in [-0.2, 0) is 10.3 Å². The first-order valence-electron chi connectivity index (χ1n) is 7.88. The van der Waals surface area contributed by atoms with Crippen LogP contribution in [0.15, 0.2) is 53.9 Å². The van der Waals surface area contributed by atoms with Crippen molar-refractivity contribution in [1.29, 1.82) is 0 Å². The van der Waals surface area contributed by atoms with Crippen LogP contribution in [-0.4, -0.2) is 22.8 Å². The molecule has 0 bridgehead atoms. The van der Waals surface area contributed by atoms with Crippen LogP contribution in [0.2, 0.25) is 5.02 Å². The van der Waals surface area contributed by atoms with E-state index in [1.165, 1.54) is 24.4 Å². The lowest BCUT2D eigenvalue weighted by Crippen LogP contribution is -2.49. The van der Waals surface area contributed by atoms with Crippen molar-refractivity contribution in [2.24, 2.45) is 10.7 Å². The van der Waals surface area contributed by atoms with E-state index in [1.807, 2.05) is 0 Å². The molecule has 1 aliphatic heterocycles. The molecule has 3 N–H and O–H groups in total. The SMILES string of the molecule is C=C1OC(N)=N[C@](C)(c2cc(NC(=O)c3ccc(Cl)cn3)ccc2F)C1(F)F. The molecular weight excluding hydrogens is 397 g/mol. The van der Waals surface area contributed by atoms with Gasteiger partial charge in [0.1, 0.15) is 11.5 Å². The van der Waals surface area contributed by atoms with E-state index < -0.39 is 40.5 Å². The maximum atomic E-state index is 14.7. The third-order valence-corrected chi connectivity index (χ3v) is 4.46. The van der Waals surface area contributed by atoms with Gasteiger partial charge in [-0.05, 0) is 37.3 Å². The fraction of sp³-hybridized carbons (Fsp3) is 0.167. The zero-order valence-electron chi connectivity index (χ0n) is 14.5. The largest absolute Gasteiger partial charge is 0.425 e. The van der Waals surface area contributed by atoms with Gasteiger partial charge in [-0.25, -0.2) is 14.4 Å². The van der Waals surface area contributed by atoms with E-state index >= 15 is 0 Å². The van der Waals surface area contributed by atoms with Crippen molar-refractivity contribution < 1.29 is 22.7 Å². The Hall–Kier alpha value is -3.07. The number of amides is 1. The van der Waals surface area contributed by atoms with Gasteiger partial charge in [-0.3, -0.25) is 4.79 Å². The molecule has 3 rings (SSSR count). The summed E-state index contributed by atoms with van der Waals surface area (Å²) >= 11 is 5.72. The van der Waals surface area contributed by atoms with Crippen LogP contribution in [0.25, 0.3) is 0 Å². The molecule has 2 heterocycles. The van der Waals surface area contributed by atoms with Crippen molar-refractivity contribution in [3.63, 3.8) is 0 Å². The zero-order valence-corrected chi connectivity index (χ0v) is 15.2. The number of alkyl halides is 2. The minimum atomic E-state index is -3.75. The van der Waals surface area contributed by atoms with Crippen LogP contribution in [0.3, 0.4) is 0 Å². The van der Waals surface area contributed by atoms with Crippen LogP contribution in [0.4, 0.5) is 18.9 Å². The number of anilines is 1. The average Bonchev–Trinajstić information content (AvgIpc) is 2.62. The number of halogens is 4. The van der Waals surface area contributed by atoms with Crippen LogP contribution in [0.1, 0.15) is 23.0 Å². The molecule has 28 heavy (non-hydrogen) atoms.